The molecule has 0 unspecified atom stereocenters. The summed E-state index contributed by atoms with van der Waals surface area (Å²) in [5.74, 6) is 0.819. The van der Waals surface area contributed by atoms with Crippen molar-refractivity contribution in [1.29, 1.82) is 5.41 Å². The molecule has 0 aliphatic carbocycles. The van der Waals surface area contributed by atoms with Gasteiger partial charge in [0.1, 0.15) is 18.2 Å². The lowest BCUT2D eigenvalue weighted by Gasteiger charge is -2.11. The Morgan fingerprint density at radius 2 is 1.95 bits per heavy atom. The molecule has 0 radical (unpaired) electrons. The fraction of sp³-hybridized carbons (Fsp3) is 0.188. The van der Waals surface area contributed by atoms with E-state index in [2.05, 4.69) is 6.92 Å². The second-order valence-corrected chi connectivity index (χ2v) is 4.87. The van der Waals surface area contributed by atoms with Gasteiger partial charge in [-0.2, -0.15) is 0 Å². The van der Waals surface area contributed by atoms with Crippen LogP contribution in [0.25, 0.3) is 0 Å². The first-order chi connectivity index (χ1) is 9.61. The number of hydrogen-bond donors (Lipinski definition) is 2. The summed E-state index contributed by atoms with van der Waals surface area (Å²) in [4.78, 5) is 0. The van der Waals surface area contributed by atoms with Crippen LogP contribution in [0.3, 0.4) is 0 Å². The van der Waals surface area contributed by atoms with E-state index in [9.17, 15) is 0 Å². The summed E-state index contributed by atoms with van der Waals surface area (Å²) in [5.41, 5.74) is 8.22. The largest absolute Gasteiger partial charge is 0.489 e. The summed E-state index contributed by atoms with van der Waals surface area (Å²) in [6, 6.07) is 13.1. The van der Waals surface area contributed by atoms with E-state index in [-0.39, 0.29) is 5.84 Å². The second-order valence-electron chi connectivity index (χ2n) is 4.47. The molecule has 0 fully saturated rings. The number of aryl methyl sites for hydroxylation is 1. The van der Waals surface area contributed by atoms with Gasteiger partial charge < -0.3 is 10.5 Å². The Morgan fingerprint density at radius 1 is 1.20 bits per heavy atom. The van der Waals surface area contributed by atoms with Crippen LogP contribution < -0.4 is 10.5 Å². The zero-order valence-corrected chi connectivity index (χ0v) is 12.1. The molecule has 0 bridgehead atoms. The third-order valence-corrected chi connectivity index (χ3v) is 3.47. The van der Waals surface area contributed by atoms with Crippen LogP contribution in [-0.2, 0) is 13.0 Å². The summed E-state index contributed by atoms with van der Waals surface area (Å²) < 4.78 is 5.77. The van der Waals surface area contributed by atoms with Crippen molar-refractivity contribution in [2.45, 2.75) is 20.0 Å². The summed E-state index contributed by atoms with van der Waals surface area (Å²) in [6.07, 6.45) is 0.861. The smallest absolute Gasteiger partial charge is 0.123 e. The molecule has 20 heavy (non-hydrogen) atoms. The van der Waals surface area contributed by atoms with Crippen LogP contribution in [0, 0.1) is 5.41 Å². The maximum absolute atomic E-state index is 7.56. The van der Waals surface area contributed by atoms with Gasteiger partial charge in [0.2, 0.25) is 0 Å². The summed E-state index contributed by atoms with van der Waals surface area (Å²) in [5, 5.41) is 8.31. The van der Waals surface area contributed by atoms with Gasteiger partial charge >= 0.3 is 0 Å². The van der Waals surface area contributed by atoms with Gasteiger partial charge in [0.15, 0.2) is 0 Å². The van der Waals surface area contributed by atoms with Crippen molar-refractivity contribution in [2.75, 3.05) is 0 Å². The minimum absolute atomic E-state index is 0.0505. The molecule has 0 aliphatic rings. The normalized spacial score (nSPS) is 10.3. The van der Waals surface area contributed by atoms with E-state index in [0.29, 0.717) is 12.2 Å². The van der Waals surface area contributed by atoms with Crippen LogP contribution >= 0.6 is 11.6 Å². The second kappa shape index (κ2) is 6.44. The van der Waals surface area contributed by atoms with E-state index in [1.807, 2.05) is 42.5 Å². The molecule has 3 N–H and O–H groups in total. The van der Waals surface area contributed by atoms with E-state index in [1.165, 1.54) is 0 Å². The van der Waals surface area contributed by atoms with E-state index in [4.69, 9.17) is 27.5 Å². The lowest BCUT2D eigenvalue weighted by molar-refractivity contribution is 0.305. The Bertz CT molecular complexity index is 626. The van der Waals surface area contributed by atoms with E-state index < -0.39 is 0 Å². The molecule has 0 saturated carbocycles. The zero-order valence-electron chi connectivity index (χ0n) is 11.3. The van der Waals surface area contributed by atoms with Crippen LogP contribution in [-0.4, -0.2) is 5.84 Å². The number of rotatable bonds is 5. The molecule has 104 valence electrons. The molecule has 2 aromatic rings. The number of halogens is 1. The first-order valence-electron chi connectivity index (χ1n) is 6.45. The molecule has 0 amide bonds. The van der Waals surface area contributed by atoms with E-state index >= 15 is 0 Å². The predicted octanol–water partition coefficient (Wildman–Crippen LogP) is 3.77. The number of ether oxygens (including phenoxy) is 1. The highest BCUT2D eigenvalue weighted by atomic mass is 35.5. The van der Waals surface area contributed by atoms with Crippen LogP contribution in [0.15, 0.2) is 42.5 Å². The molecule has 2 rings (SSSR count). The third kappa shape index (κ3) is 3.31. The SMILES string of the molecule is CCc1cc(OCc2ccccc2C(=N)N)ccc1Cl. The van der Waals surface area contributed by atoms with Crippen molar-refractivity contribution in [3.05, 3.63) is 64.2 Å². The minimum atomic E-state index is 0.0505. The van der Waals surface area contributed by atoms with Crippen LogP contribution in [0.5, 0.6) is 5.75 Å². The Balaban J connectivity index is 2.15. The number of nitrogens with two attached hydrogens (primary N) is 1. The predicted molar refractivity (Wildman–Crippen MR) is 82.6 cm³/mol. The van der Waals surface area contributed by atoms with Crippen LogP contribution in [0.1, 0.15) is 23.6 Å². The maximum Gasteiger partial charge on any atom is 0.123 e. The number of amidine groups is 1. The number of nitrogen functional groups attached to an aromatic ring is 1. The van der Waals surface area contributed by atoms with Gasteiger partial charge in [0.25, 0.3) is 0 Å². The van der Waals surface area contributed by atoms with Gasteiger partial charge in [0, 0.05) is 16.1 Å². The van der Waals surface area contributed by atoms with Gasteiger partial charge in [-0.25, -0.2) is 0 Å². The molecule has 0 heterocycles. The average Bonchev–Trinajstić information content (AvgIpc) is 2.46. The Kier molecular flexibility index (Phi) is 4.64. The maximum atomic E-state index is 7.56. The number of nitrogens with one attached hydrogen (secondary N) is 1. The molecule has 4 heteroatoms. The van der Waals surface area contributed by atoms with Crippen molar-refractivity contribution in [1.82, 2.24) is 0 Å². The minimum Gasteiger partial charge on any atom is -0.489 e. The summed E-state index contributed by atoms with van der Waals surface area (Å²) >= 11 is 6.08. The van der Waals surface area contributed by atoms with Crippen LogP contribution in [0.4, 0.5) is 0 Å². The van der Waals surface area contributed by atoms with Gasteiger partial charge in [0.05, 0.1) is 0 Å². The first kappa shape index (κ1) is 14.4. The first-order valence-corrected chi connectivity index (χ1v) is 6.83. The molecule has 0 atom stereocenters. The third-order valence-electron chi connectivity index (χ3n) is 3.10. The van der Waals surface area contributed by atoms with Gasteiger partial charge in [-0.1, -0.05) is 42.8 Å². The summed E-state index contributed by atoms with van der Waals surface area (Å²) in [6.45, 7) is 2.43. The lowest BCUT2D eigenvalue weighted by atomic mass is 10.1. The Labute approximate surface area is 123 Å². The standard InChI is InChI=1S/C16H17ClN2O/c1-2-11-9-13(7-8-15(11)17)20-10-12-5-3-4-6-14(12)16(18)19/h3-9H,2,10H2,1H3,(H3,18,19). The van der Waals surface area contributed by atoms with Crippen molar-refractivity contribution < 1.29 is 4.74 Å². The topological polar surface area (TPSA) is 59.1 Å². The van der Waals surface area contributed by atoms with Gasteiger partial charge in [-0.15, -0.1) is 0 Å². The molecule has 0 aliphatic heterocycles. The van der Waals surface area contributed by atoms with Crippen molar-refractivity contribution in [2.24, 2.45) is 5.73 Å². The fourth-order valence-electron chi connectivity index (χ4n) is 1.98. The molecule has 0 aromatic heterocycles. The molecule has 3 nitrogen and oxygen atoms in total. The van der Waals surface area contributed by atoms with Gasteiger partial charge in [-0.3, -0.25) is 5.41 Å². The Morgan fingerprint density at radius 3 is 2.65 bits per heavy atom. The van der Waals surface area contributed by atoms with Crippen molar-refractivity contribution >= 4 is 17.4 Å². The number of hydrogen-bond acceptors (Lipinski definition) is 2. The van der Waals surface area contributed by atoms with Crippen molar-refractivity contribution in [3.8, 4) is 5.75 Å². The molecule has 0 spiro atoms. The zero-order chi connectivity index (χ0) is 14.5. The molecule has 0 saturated heterocycles. The molecular formula is C16H17ClN2O. The highest BCUT2D eigenvalue weighted by Crippen LogP contribution is 2.23. The Hall–Kier alpha value is -2.00. The highest BCUT2D eigenvalue weighted by molar-refractivity contribution is 6.31. The van der Waals surface area contributed by atoms with Crippen molar-refractivity contribution in [3.63, 3.8) is 0 Å². The summed E-state index contributed by atoms with van der Waals surface area (Å²) in [7, 11) is 0. The van der Waals surface area contributed by atoms with E-state index in [0.717, 1.165) is 28.3 Å². The number of benzene rings is 2. The highest BCUT2D eigenvalue weighted by Gasteiger charge is 2.06. The lowest BCUT2D eigenvalue weighted by Crippen LogP contribution is -2.14. The average molecular weight is 289 g/mol. The molecule has 2 aromatic carbocycles. The fourth-order valence-corrected chi connectivity index (χ4v) is 2.23. The van der Waals surface area contributed by atoms with E-state index in [1.54, 1.807) is 0 Å². The quantitative estimate of drug-likeness (QED) is 0.650. The van der Waals surface area contributed by atoms with Gasteiger partial charge in [-0.05, 0) is 30.2 Å². The monoisotopic (exact) mass is 288 g/mol. The molecular weight excluding hydrogens is 272 g/mol. The van der Waals surface area contributed by atoms with Crippen LogP contribution in [0.2, 0.25) is 5.02 Å².